The molecule has 1 heterocycles. The van der Waals surface area contributed by atoms with E-state index < -0.39 is 0 Å². The van der Waals surface area contributed by atoms with Crippen molar-refractivity contribution >= 4 is 0 Å². The number of hydrogen-bond donors (Lipinski definition) is 1. The number of rotatable bonds is 7. The van der Waals surface area contributed by atoms with Gasteiger partial charge in [-0.25, -0.2) is 0 Å². The van der Waals surface area contributed by atoms with Gasteiger partial charge in [-0.3, -0.25) is 4.90 Å². The number of benzene rings is 1. The van der Waals surface area contributed by atoms with Gasteiger partial charge in [0.2, 0.25) is 0 Å². The van der Waals surface area contributed by atoms with Crippen molar-refractivity contribution in [1.82, 2.24) is 4.90 Å². The van der Waals surface area contributed by atoms with E-state index in [4.69, 9.17) is 15.2 Å². The molecule has 4 nitrogen and oxygen atoms in total. The van der Waals surface area contributed by atoms with Gasteiger partial charge in [0.05, 0.1) is 13.7 Å². The lowest BCUT2D eigenvalue weighted by Gasteiger charge is -2.27. The van der Waals surface area contributed by atoms with Gasteiger partial charge >= 0.3 is 0 Å². The van der Waals surface area contributed by atoms with Crippen molar-refractivity contribution in [2.75, 3.05) is 33.4 Å². The van der Waals surface area contributed by atoms with Gasteiger partial charge in [0.1, 0.15) is 0 Å². The molecule has 0 bridgehead atoms. The average molecular weight is 278 g/mol. The summed E-state index contributed by atoms with van der Waals surface area (Å²) in [7, 11) is 1.69. The Hall–Kier alpha value is -1.26. The maximum Gasteiger partial charge on any atom is 0.161 e. The van der Waals surface area contributed by atoms with Gasteiger partial charge in [-0.05, 0) is 50.0 Å². The fraction of sp³-hybridized carbons (Fsp3) is 0.625. The molecule has 20 heavy (non-hydrogen) atoms. The Labute approximate surface area is 121 Å². The zero-order valence-corrected chi connectivity index (χ0v) is 12.6. The number of ether oxygens (including phenoxy) is 2. The molecule has 0 saturated carbocycles. The van der Waals surface area contributed by atoms with E-state index in [0.29, 0.717) is 13.2 Å². The standard InChI is InChI=1S/C16H26N2O2/c1-3-10-20-15-7-6-13(11-16(15)19-2)14(12-17)18-8-4-5-9-18/h6-7,11,14H,3-5,8-10,12,17H2,1-2H3. The normalized spacial score (nSPS) is 17.1. The van der Waals surface area contributed by atoms with E-state index >= 15 is 0 Å². The highest BCUT2D eigenvalue weighted by atomic mass is 16.5. The molecule has 1 aromatic carbocycles. The Kier molecular flexibility index (Phi) is 5.68. The van der Waals surface area contributed by atoms with Gasteiger partial charge < -0.3 is 15.2 Å². The van der Waals surface area contributed by atoms with E-state index in [0.717, 1.165) is 31.0 Å². The Balaban J connectivity index is 2.18. The summed E-state index contributed by atoms with van der Waals surface area (Å²) < 4.78 is 11.2. The van der Waals surface area contributed by atoms with Crippen LogP contribution in [0.15, 0.2) is 18.2 Å². The van der Waals surface area contributed by atoms with Crippen LogP contribution in [0.5, 0.6) is 11.5 Å². The molecule has 0 aliphatic carbocycles. The van der Waals surface area contributed by atoms with Crippen molar-refractivity contribution in [2.45, 2.75) is 32.2 Å². The third-order valence-corrected chi connectivity index (χ3v) is 3.84. The summed E-state index contributed by atoms with van der Waals surface area (Å²) in [6, 6.07) is 6.47. The van der Waals surface area contributed by atoms with Crippen LogP contribution in [0.3, 0.4) is 0 Å². The summed E-state index contributed by atoms with van der Waals surface area (Å²) in [4.78, 5) is 2.46. The number of nitrogens with two attached hydrogens (primary N) is 1. The molecule has 1 aliphatic heterocycles. The van der Waals surface area contributed by atoms with Crippen LogP contribution < -0.4 is 15.2 Å². The molecule has 1 aliphatic rings. The predicted octanol–water partition coefficient (Wildman–Crippen LogP) is 2.58. The maximum absolute atomic E-state index is 5.98. The minimum Gasteiger partial charge on any atom is -0.493 e. The summed E-state index contributed by atoms with van der Waals surface area (Å²) in [5, 5.41) is 0. The second-order valence-corrected chi connectivity index (χ2v) is 5.25. The third kappa shape index (κ3) is 3.44. The predicted molar refractivity (Wildman–Crippen MR) is 81.4 cm³/mol. The van der Waals surface area contributed by atoms with Crippen molar-refractivity contribution in [2.24, 2.45) is 5.73 Å². The molecule has 0 amide bonds. The molecular weight excluding hydrogens is 252 g/mol. The zero-order chi connectivity index (χ0) is 14.4. The molecule has 2 N–H and O–H groups in total. The van der Waals surface area contributed by atoms with Gasteiger partial charge in [-0.2, -0.15) is 0 Å². The maximum atomic E-state index is 5.98. The van der Waals surface area contributed by atoms with Crippen LogP contribution in [0.1, 0.15) is 37.8 Å². The lowest BCUT2D eigenvalue weighted by molar-refractivity contribution is 0.249. The number of nitrogens with zero attached hydrogens (tertiary/aromatic N) is 1. The van der Waals surface area contributed by atoms with Crippen LogP contribution in [-0.2, 0) is 0 Å². The highest BCUT2D eigenvalue weighted by Crippen LogP contribution is 2.33. The Morgan fingerprint density at radius 1 is 1.25 bits per heavy atom. The summed E-state index contributed by atoms with van der Waals surface area (Å²) in [6.45, 7) is 5.72. The first-order valence-corrected chi connectivity index (χ1v) is 7.55. The van der Waals surface area contributed by atoms with E-state index in [1.165, 1.54) is 18.4 Å². The van der Waals surface area contributed by atoms with Gasteiger partial charge in [0.25, 0.3) is 0 Å². The highest BCUT2D eigenvalue weighted by molar-refractivity contribution is 5.44. The molecule has 2 rings (SSSR count). The smallest absolute Gasteiger partial charge is 0.161 e. The van der Waals surface area contributed by atoms with Crippen LogP contribution in [-0.4, -0.2) is 38.3 Å². The number of hydrogen-bond acceptors (Lipinski definition) is 4. The average Bonchev–Trinajstić information content (AvgIpc) is 3.00. The van der Waals surface area contributed by atoms with Crippen LogP contribution in [0.2, 0.25) is 0 Å². The topological polar surface area (TPSA) is 47.7 Å². The lowest BCUT2D eigenvalue weighted by Crippen LogP contribution is -2.31. The fourth-order valence-electron chi connectivity index (χ4n) is 2.77. The number of methoxy groups -OCH3 is 1. The van der Waals surface area contributed by atoms with E-state index in [9.17, 15) is 0 Å². The Morgan fingerprint density at radius 2 is 2.00 bits per heavy atom. The van der Waals surface area contributed by atoms with Crippen LogP contribution in [0.4, 0.5) is 0 Å². The largest absolute Gasteiger partial charge is 0.493 e. The summed E-state index contributed by atoms with van der Waals surface area (Å²) >= 11 is 0. The Bertz CT molecular complexity index is 417. The van der Waals surface area contributed by atoms with Gasteiger partial charge in [-0.15, -0.1) is 0 Å². The molecule has 0 spiro atoms. The molecular formula is C16H26N2O2. The summed E-state index contributed by atoms with van der Waals surface area (Å²) in [5.41, 5.74) is 7.20. The SMILES string of the molecule is CCCOc1ccc(C(CN)N2CCCC2)cc1OC. The quantitative estimate of drug-likeness (QED) is 0.833. The van der Waals surface area contributed by atoms with Gasteiger partial charge in [0.15, 0.2) is 11.5 Å². The van der Waals surface area contributed by atoms with E-state index in [-0.39, 0.29) is 6.04 Å². The number of likely N-dealkylation sites (tertiary alicyclic amines) is 1. The minimum absolute atomic E-state index is 0.284. The fourth-order valence-corrected chi connectivity index (χ4v) is 2.77. The molecule has 4 heteroatoms. The van der Waals surface area contributed by atoms with Gasteiger partial charge in [0, 0.05) is 12.6 Å². The highest BCUT2D eigenvalue weighted by Gasteiger charge is 2.23. The third-order valence-electron chi connectivity index (χ3n) is 3.84. The van der Waals surface area contributed by atoms with Crippen molar-refractivity contribution in [3.05, 3.63) is 23.8 Å². The molecule has 1 atom stereocenters. The van der Waals surface area contributed by atoms with Crippen molar-refractivity contribution in [3.8, 4) is 11.5 Å². The lowest BCUT2D eigenvalue weighted by atomic mass is 10.0. The van der Waals surface area contributed by atoms with Crippen molar-refractivity contribution in [3.63, 3.8) is 0 Å². The molecule has 112 valence electrons. The van der Waals surface area contributed by atoms with Crippen molar-refractivity contribution < 1.29 is 9.47 Å². The van der Waals surface area contributed by atoms with E-state index in [1.54, 1.807) is 7.11 Å². The second kappa shape index (κ2) is 7.50. The molecule has 1 fully saturated rings. The minimum atomic E-state index is 0.284. The first kappa shape index (κ1) is 15.1. The zero-order valence-electron chi connectivity index (χ0n) is 12.6. The van der Waals surface area contributed by atoms with Gasteiger partial charge in [-0.1, -0.05) is 13.0 Å². The first-order valence-electron chi connectivity index (χ1n) is 7.55. The van der Waals surface area contributed by atoms with E-state index in [2.05, 4.69) is 24.0 Å². The molecule has 1 aromatic rings. The monoisotopic (exact) mass is 278 g/mol. The van der Waals surface area contributed by atoms with Crippen LogP contribution >= 0.6 is 0 Å². The van der Waals surface area contributed by atoms with Crippen LogP contribution in [0.25, 0.3) is 0 Å². The first-order chi connectivity index (χ1) is 9.80. The summed E-state index contributed by atoms with van der Waals surface area (Å²) in [6.07, 6.45) is 3.53. The Morgan fingerprint density at radius 3 is 2.60 bits per heavy atom. The van der Waals surface area contributed by atoms with Crippen molar-refractivity contribution in [1.29, 1.82) is 0 Å². The van der Waals surface area contributed by atoms with Crippen LogP contribution in [0, 0.1) is 0 Å². The summed E-state index contributed by atoms with van der Waals surface area (Å²) in [5.74, 6) is 1.61. The molecule has 1 unspecified atom stereocenters. The molecule has 0 aromatic heterocycles. The van der Waals surface area contributed by atoms with E-state index in [1.807, 2.05) is 6.07 Å². The molecule has 1 saturated heterocycles. The second-order valence-electron chi connectivity index (χ2n) is 5.25. The molecule has 0 radical (unpaired) electrons.